The molecule has 0 aliphatic carbocycles. The van der Waals surface area contributed by atoms with Crippen LogP contribution in [0.1, 0.15) is 11.1 Å². The van der Waals surface area contributed by atoms with Crippen LogP contribution >= 0.6 is 0 Å². The molecule has 4 heteroatoms. The van der Waals surface area contributed by atoms with Crippen molar-refractivity contribution in [3.63, 3.8) is 0 Å². The first-order chi connectivity index (χ1) is 8.40. The highest BCUT2D eigenvalue weighted by Gasteiger charge is 2.02. The maximum atomic E-state index is 5.18. The van der Waals surface area contributed by atoms with Crippen LogP contribution in [0.3, 0.4) is 0 Å². The first-order valence-corrected chi connectivity index (χ1v) is 5.47. The van der Waals surface area contributed by atoms with Crippen molar-refractivity contribution in [1.82, 2.24) is 15.3 Å². The number of hydrogen-bond donors (Lipinski definition) is 1. The maximum Gasteiger partial charge on any atom is 0.217 e. The van der Waals surface area contributed by atoms with E-state index in [1.165, 1.54) is 0 Å². The molecule has 2 aromatic rings. The Morgan fingerprint density at radius 2 is 2.06 bits per heavy atom. The first kappa shape index (κ1) is 11.5. The van der Waals surface area contributed by atoms with Gasteiger partial charge in [-0.3, -0.25) is 4.98 Å². The Bertz CT molecular complexity index is 459. The molecule has 2 rings (SSSR count). The molecule has 0 amide bonds. The molecule has 17 heavy (non-hydrogen) atoms. The molecule has 0 saturated carbocycles. The van der Waals surface area contributed by atoms with Gasteiger partial charge in [0.25, 0.3) is 0 Å². The average molecular weight is 229 g/mol. The normalized spacial score (nSPS) is 10.2. The van der Waals surface area contributed by atoms with E-state index in [1.54, 1.807) is 19.5 Å². The lowest BCUT2D eigenvalue weighted by Gasteiger charge is -2.08. The van der Waals surface area contributed by atoms with E-state index in [0.717, 1.165) is 24.2 Å². The predicted molar refractivity (Wildman–Crippen MR) is 65.6 cm³/mol. The number of aromatic nitrogens is 2. The summed E-state index contributed by atoms with van der Waals surface area (Å²) in [4.78, 5) is 8.22. The van der Waals surface area contributed by atoms with Crippen LogP contribution in [0.25, 0.3) is 0 Å². The van der Waals surface area contributed by atoms with Crippen LogP contribution < -0.4 is 10.1 Å². The third-order valence-electron chi connectivity index (χ3n) is 2.41. The van der Waals surface area contributed by atoms with Crippen LogP contribution in [-0.4, -0.2) is 17.1 Å². The van der Waals surface area contributed by atoms with Gasteiger partial charge < -0.3 is 10.1 Å². The smallest absolute Gasteiger partial charge is 0.217 e. The number of ether oxygens (including phenoxy) is 1. The Morgan fingerprint density at radius 3 is 2.82 bits per heavy atom. The SMILES string of the molecule is COc1ncccc1CNCc1cccnc1. The van der Waals surface area contributed by atoms with Crippen LogP contribution in [0.4, 0.5) is 0 Å². The standard InChI is InChI=1S/C13H15N3O/c1-17-13-12(5-3-7-16-13)10-15-9-11-4-2-6-14-8-11/h2-8,15H,9-10H2,1H3. The molecular formula is C13H15N3O. The zero-order valence-corrected chi connectivity index (χ0v) is 9.76. The van der Waals surface area contributed by atoms with E-state index in [0.29, 0.717) is 5.88 Å². The molecule has 0 unspecified atom stereocenters. The lowest BCUT2D eigenvalue weighted by molar-refractivity contribution is 0.390. The first-order valence-electron chi connectivity index (χ1n) is 5.47. The van der Waals surface area contributed by atoms with Gasteiger partial charge in [-0.05, 0) is 17.7 Å². The Balaban J connectivity index is 1.90. The summed E-state index contributed by atoms with van der Waals surface area (Å²) in [5.41, 5.74) is 2.22. The minimum atomic E-state index is 0.672. The summed E-state index contributed by atoms with van der Waals surface area (Å²) in [7, 11) is 1.63. The van der Waals surface area contributed by atoms with Crippen LogP contribution in [0, 0.1) is 0 Å². The van der Waals surface area contributed by atoms with Crippen LogP contribution in [0.15, 0.2) is 42.9 Å². The third-order valence-corrected chi connectivity index (χ3v) is 2.41. The Morgan fingerprint density at radius 1 is 1.18 bits per heavy atom. The van der Waals surface area contributed by atoms with Gasteiger partial charge in [-0.1, -0.05) is 12.1 Å². The topological polar surface area (TPSA) is 47.0 Å². The minimum absolute atomic E-state index is 0.672. The van der Waals surface area contributed by atoms with Gasteiger partial charge in [-0.2, -0.15) is 0 Å². The van der Waals surface area contributed by atoms with Crippen molar-refractivity contribution in [2.75, 3.05) is 7.11 Å². The molecule has 88 valence electrons. The number of rotatable bonds is 5. The molecule has 4 nitrogen and oxygen atoms in total. The number of hydrogen-bond acceptors (Lipinski definition) is 4. The van der Waals surface area contributed by atoms with E-state index in [1.807, 2.05) is 30.5 Å². The molecule has 0 fully saturated rings. The summed E-state index contributed by atoms with van der Waals surface area (Å²) in [6.45, 7) is 1.51. The molecule has 0 aliphatic rings. The highest BCUT2D eigenvalue weighted by molar-refractivity contribution is 5.25. The highest BCUT2D eigenvalue weighted by Crippen LogP contribution is 2.12. The second kappa shape index (κ2) is 5.96. The van der Waals surface area contributed by atoms with E-state index in [-0.39, 0.29) is 0 Å². The van der Waals surface area contributed by atoms with Crippen molar-refractivity contribution in [1.29, 1.82) is 0 Å². The van der Waals surface area contributed by atoms with Crippen molar-refractivity contribution in [3.8, 4) is 5.88 Å². The van der Waals surface area contributed by atoms with E-state index >= 15 is 0 Å². The Kier molecular flexibility index (Phi) is 4.05. The molecule has 0 bridgehead atoms. The van der Waals surface area contributed by atoms with Crippen LogP contribution in [0.5, 0.6) is 5.88 Å². The zero-order chi connectivity index (χ0) is 11.9. The molecular weight excluding hydrogens is 214 g/mol. The Hall–Kier alpha value is -1.94. The summed E-state index contributed by atoms with van der Waals surface area (Å²) >= 11 is 0. The molecule has 0 aliphatic heterocycles. The second-order valence-electron chi connectivity index (χ2n) is 3.64. The van der Waals surface area contributed by atoms with Crippen molar-refractivity contribution < 1.29 is 4.74 Å². The largest absolute Gasteiger partial charge is 0.481 e. The maximum absolute atomic E-state index is 5.18. The lowest BCUT2D eigenvalue weighted by atomic mass is 10.2. The van der Waals surface area contributed by atoms with Gasteiger partial charge in [-0.25, -0.2) is 4.98 Å². The lowest BCUT2D eigenvalue weighted by Crippen LogP contribution is -2.13. The minimum Gasteiger partial charge on any atom is -0.481 e. The predicted octanol–water partition coefficient (Wildman–Crippen LogP) is 1.77. The summed E-state index contributed by atoms with van der Waals surface area (Å²) in [6, 6.07) is 7.88. The third kappa shape index (κ3) is 3.26. The molecule has 0 atom stereocenters. The number of nitrogens with zero attached hydrogens (tertiary/aromatic N) is 2. The quantitative estimate of drug-likeness (QED) is 0.849. The van der Waals surface area contributed by atoms with Gasteiger partial charge in [0, 0.05) is 37.2 Å². The van der Waals surface area contributed by atoms with Gasteiger partial charge >= 0.3 is 0 Å². The summed E-state index contributed by atoms with van der Waals surface area (Å²) in [5.74, 6) is 0.672. The van der Waals surface area contributed by atoms with Crippen LogP contribution in [-0.2, 0) is 13.1 Å². The molecule has 2 heterocycles. The van der Waals surface area contributed by atoms with E-state index in [2.05, 4.69) is 15.3 Å². The average Bonchev–Trinajstić information content (AvgIpc) is 2.40. The van der Waals surface area contributed by atoms with Gasteiger partial charge in [0.15, 0.2) is 0 Å². The molecule has 2 aromatic heterocycles. The molecule has 1 N–H and O–H groups in total. The summed E-state index contributed by atoms with van der Waals surface area (Å²) in [5, 5.41) is 3.33. The molecule has 0 saturated heterocycles. The van der Waals surface area contributed by atoms with Gasteiger partial charge in [0.1, 0.15) is 0 Å². The second-order valence-corrected chi connectivity index (χ2v) is 3.64. The number of methoxy groups -OCH3 is 1. The fraction of sp³-hybridized carbons (Fsp3) is 0.231. The van der Waals surface area contributed by atoms with Gasteiger partial charge in [0.2, 0.25) is 5.88 Å². The fourth-order valence-corrected chi connectivity index (χ4v) is 1.59. The van der Waals surface area contributed by atoms with Crippen molar-refractivity contribution in [3.05, 3.63) is 54.0 Å². The summed E-state index contributed by atoms with van der Waals surface area (Å²) < 4.78 is 5.18. The monoisotopic (exact) mass is 229 g/mol. The molecule has 0 aromatic carbocycles. The van der Waals surface area contributed by atoms with E-state index in [9.17, 15) is 0 Å². The van der Waals surface area contributed by atoms with E-state index < -0.39 is 0 Å². The number of pyridine rings is 2. The molecule has 0 radical (unpaired) electrons. The van der Waals surface area contributed by atoms with Crippen LogP contribution in [0.2, 0.25) is 0 Å². The van der Waals surface area contributed by atoms with Crippen molar-refractivity contribution in [2.45, 2.75) is 13.1 Å². The van der Waals surface area contributed by atoms with Gasteiger partial charge in [0.05, 0.1) is 7.11 Å². The fourth-order valence-electron chi connectivity index (χ4n) is 1.59. The Labute approximate surface area is 101 Å². The highest BCUT2D eigenvalue weighted by atomic mass is 16.5. The van der Waals surface area contributed by atoms with Crippen molar-refractivity contribution in [2.24, 2.45) is 0 Å². The van der Waals surface area contributed by atoms with Gasteiger partial charge in [-0.15, -0.1) is 0 Å². The zero-order valence-electron chi connectivity index (χ0n) is 9.76. The number of nitrogens with one attached hydrogen (secondary N) is 1. The van der Waals surface area contributed by atoms with Crippen molar-refractivity contribution >= 4 is 0 Å². The molecule has 0 spiro atoms. The summed E-state index contributed by atoms with van der Waals surface area (Å²) in [6.07, 6.45) is 5.35. The van der Waals surface area contributed by atoms with E-state index in [4.69, 9.17) is 4.74 Å².